The molecule has 3 unspecified atom stereocenters. The lowest BCUT2D eigenvalue weighted by Crippen LogP contribution is -2.61. The Morgan fingerprint density at radius 3 is 2.93 bits per heavy atom. The van der Waals surface area contributed by atoms with Gasteiger partial charge in [0, 0.05) is 17.5 Å². The van der Waals surface area contributed by atoms with Crippen LogP contribution in [0.5, 0.6) is 5.88 Å². The summed E-state index contributed by atoms with van der Waals surface area (Å²) in [6.45, 7) is 7.25. The molecule has 1 amide bonds. The average Bonchev–Trinajstić information content (AvgIpc) is 3.23. The predicted octanol–water partition coefficient (Wildman–Crippen LogP) is 3.97. The number of carbonyl (C=O) groups is 1. The molecule has 0 radical (unpaired) electrons. The van der Waals surface area contributed by atoms with Crippen molar-refractivity contribution in [3.8, 4) is 5.88 Å². The molecule has 5 nitrogen and oxygen atoms in total. The van der Waals surface area contributed by atoms with Crippen LogP contribution in [0, 0.1) is 34.5 Å². The fourth-order valence-corrected chi connectivity index (χ4v) is 7.20. The van der Waals surface area contributed by atoms with Gasteiger partial charge in [-0.25, -0.2) is 0 Å². The molecule has 146 valence electrons. The Bertz CT molecular complexity index is 760. The van der Waals surface area contributed by atoms with Crippen molar-refractivity contribution in [3.05, 3.63) is 24.5 Å². The van der Waals surface area contributed by atoms with Crippen LogP contribution in [0.15, 0.2) is 29.0 Å². The van der Waals surface area contributed by atoms with Crippen molar-refractivity contribution in [3.63, 3.8) is 0 Å². The summed E-state index contributed by atoms with van der Waals surface area (Å²) in [4.78, 5) is 11.9. The van der Waals surface area contributed by atoms with E-state index >= 15 is 0 Å². The van der Waals surface area contributed by atoms with Crippen molar-refractivity contribution in [2.75, 3.05) is 0 Å². The van der Waals surface area contributed by atoms with Crippen LogP contribution in [0.3, 0.4) is 0 Å². The van der Waals surface area contributed by atoms with Crippen LogP contribution in [0.25, 0.3) is 0 Å². The monoisotopic (exact) mass is 370 g/mol. The summed E-state index contributed by atoms with van der Waals surface area (Å²) in [6.07, 6.45) is 11.6. The number of aromatic nitrogens is 1. The predicted molar refractivity (Wildman–Crippen MR) is 101 cm³/mol. The molecule has 0 aromatic carbocycles. The van der Waals surface area contributed by atoms with Crippen molar-refractivity contribution < 1.29 is 14.1 Å². The lowest BCUT2D eigenvalue weighted by atomic mass is 9.46. The normalized spacial score (nSPS) is 48.3. The Morgan fingerprint density at radius 2 is 2.15 bits per heavy atom. The van der Waals surface area contributed by atoms with Gasteiger partial charge < -0.3 is 14.6 Å². The van der Waals surface area contributed by atoms with Gasteiger partial charge in [-0.15, -0.1) is 0 Å². The summed E-state index contributed by atoms with van der Waals surface area (Å²) in [5.74, 6) is 3.30. The van der Waals surface area contributed by atoms with Crippen molar-refractivity contribution in [1.29, 1.82) is 0 Å². The number of nitrogens with zero attached hydrogens (tertiary/aromatic N) is 1. The zero-order valence-corrected chi connectivity index (χ0v) is 16.5. The van der Waals surface area contributed by atoms with E-state index in [4.69, 9.17) is 9.26 Å². The third-order valence-electron chi connectivity index (χ3n) is 8.49. The van der Waals surface area contributed by atoms with E-state index in [1.54, 1.807) is 18.4 Å². The number of amides is 1. The summed E-state index contributed by atoms with van der Waals surface area (Å²) >= 11 is 0. The topological polar surface area (TPSA) is 64.4 Å². The van der Waals surface area contributed by atoms with E-state index in [2.05, 4.69) is 37.3 Å². The summed E-state index contributed by atoms with van der Waals surface area (Å²) < 4.78 is 11.1. The highest BCUT2D eigenvalue weighted by atomic mass is 16.5. The summed E-state index contributed by atoms with van der Waals surface area (Å²) in [5.41, 5.74) is 0.423. The molecule has 2 heterocycles. The van der Waals surface area contributed by atoms with Crippen LogP contribution in [0.2, 0.25) is 0 Å². The van der Waals surface area contributed by atoms with E-state index < -0.39 is 0 Å². The molecular formula is C22H30N2O3. The maximum absolute atomic E-state index is 11.9. The van der Waals surface area contributed by atoms with Crippen LogP contribution in [0.1, 0.15) is 52.9 Å². The summed E-state index contributed by atoms with van der Waals surface area (Å²) in [5, 5.41) is 7.20. The van der Waals surface area contributed by atoms with Crippen LogP contribution in [-0.4, -0.2) is 23.2 Å². The van der Waals surface area contributed by atoms with Gasteiger partial charge in [0.05, 0.1) is 0 Å². The van der Waals surface area contributed by atoms with Crippen LogP contribution in [-0.2, 0) is 4.79 Å². The van der Waals surface area contributed by atoms with Crippen LogP contribution in [0.4, 0.5) is 0 Å². The first-order chi connectivity index (χ1) is 12.9. The molecule has 0 spiro atoms. The van der Waals surface area contributed by atoms with Crippen molar-refractivity contribution in [1.82, 2.24) is 10.5 Å². The molecule has 1 aromatic rings. The van der Waals surface area contributed by atoms with Gasteiger partial charge in [-0.1, -0.05) is 26.8 Å². The van der Waals surface area contributed by atoms with Crippen LogP contribution < -0.4 is 10.1 Å². The molecule has 0 bridgehead atoms. The molecular weight excluding hydrogens is 340 g/mol. The van der Waals surface area contributed by atoms with Gasteiger partial charge in [-0.2, -0.15) is 0 Å². The minimum atomic E-state index is 0.0747. The number of fused-ring (bicyclic) bond motifs is 5. The number of ether oxygens (including phenoxy) is 1. The molecule has 1 aliphatic heterocycles. The fourth-order valence-electron chi connectivity index (χ4n) is 7.20. The number of nitrogens with one attached hydrogen (secondary N) is 1. The molecule has 27 heavy (non-hydrogen) atoms. The molecule has 1 aromatic heterocycles. The summed E-state index contributed by atoms with van der Waals surface area (Å²) in [6, 6.07) is 2.08. The lowest BCUT2D eigenvalue weighted by Gasteiger charge is -2.60. The zero-order chi connectivity index (χ0) is 18.8. The third kappa shape index (κ3) is 2.57. The van der Waals surface area contributed by atoms with E-state index in [9.17, 15) is 4.79 Å². The van der Waals surface area contributed by atoms with Gasteiger partial charge >= 0.3 is 0 Å². The molecule has 4 aliphatic rings. The van der Waals surface area contributed by atoms with Crippen molar-refractivity contribution >= 4 is 5.91 Å². The van der Waals surface area contributed by atoms with E-state index in [-0.39, 0.29) is 23.5 Å². The molecule has 5 heteroatoms. The zero-order valence-electron chi connectivity index (χ0n) is 16.5. The van der Waals surface area contributed by atoms with Gasteiger partial charge in [-0.3, -0.25) is 4.79 Å². The van der Waals surface area contributed by atoms with E-state index in [1.165, 1.54) is 12.8 Å². The number of carbonyl (C=O) groups excluding carboxylic acids is 1. The lowest BCUT2D eigenvalue weighted by molar-refractivity contribution is -0.124. The smallest absolute Gasteiger partial charge is 0.254 e. The van der Waals surface area contributed by atoms with E-state index in [1.807, 2.05) is 0 Å². The maximum Gasteiger partial charge on any atom is 0.254 e. The quantitative estimate of drug-likeness (QED) is 0.856. The first-order valence-electron chi connectivity index (χ1n) is 10.5. The number of hydrogen-bond acceptors (Lipinski definition) is 4. The molecule has 8 atom stereocenters. The Balaban J connectivity index is 1.43. The van der Waals surface area contributed by atoms with Gasteiger partial charge in [0.25, 0.3) is 5.88 Å². The minimum absolute atomic E-state index is 0.0747. The fraction of sp³-hybridized carbons (Fsp3) is 0.727. The molecule has 3 saturated carbocycles. The van der Waals surface area contributed by atoms with Crippen molar-refractivity contribution in [2.45, 2.75) is 65.0 Å². The van der Waals surface area contributed by atoms with E-state index in [0.717, 1.165) is 19.3 Å². The van der Waals surface area contributed by atoms with Crippen LogP contribution >= 0.6 is 0 Å². The first-order valence-corrected chi connectivity index (χ1v) is 10.5. The Kier molecular flexibility index (Phi) is 3.76. The van der Waals surface area contributed by atoms with Gasteiger partial charge in [0.1, 0.15) is 12.4 Å². The molecule has 3 fully saturated rings. The summed E-state index contributed by atoms with van der Waals surface area (Å²) in [7, 11) is 0. The maximum atomic E-state index is 11.9. The number of hydrogen-bond donors (Lipinski definition) is 1. The van der Waals surface area contributed by atoms with Gasteiger partial charge in [0.2, 0.25) is 5.91 Å². The SMILES string of the molecule is CC1CC2NC(=O)C=C[C@]2(C)[C@@H]2CC[C@]3(C)CC(Oc4ccon4)C[C@H]3[C@H]12. The molecule has 0 saturated heterocycles. The average molecular weight is 370 g/mol. The second-order valence-corrected chi connectivity index (χ2v) is 9.97. The van der Waals surface area contributed by atoms with Crippen molar-refractivity contribution in [2.24, 2.45) is 34.5 Å². The third-order valence-corrected chi connectivity index (χ3v) is 8.49. The Labute approximate surface area is 160 Å². The molecule has 3 aliphatic carbocycles. The van der Waals surface area contributed by atoms with Gasteiger partial charge in [0.15, 0.2) is 0 Å². The highest BCUT2D eigenvalue weighted by Gasteiger charge is 2.60. The highest BCUT2D eigenvalue weighted by Crippen LogP contribution is 2.64. The second-order valence-electron chi connectivity index (χ2n) is 9.97. The Hall–Kier alpha value is -1.78. The van der Waals surface area contributed by atoms with E-state index in [0.29, 0.717) is 35.0 Å². The first kappa shape index (κ1) is 17.3. The largest absolute Gasteiger partial charge is 0.472 e. The minimum Gasteiger partial charge on any atom is -0.472 e. The standard InChI is InChI=1S/C22H30N2O3/c1-13-10-17-22(3,8-5-18(25)23-17)15-4-7-21(2)12-14(11-16(21)20(13)15)27-19-6-9-26-24-19/h5-6,8-9,13-17,20H,4,7,10-12H2,1-3H3,(H,23,25)/t13?,14?,15-,16+,17?,20-,21-,22-/m1/s1. The molecule has 1 N–H and O–H groups in total. The second kappa shape index (κ2) is 5.86. The van der Waals surface area contributed by atoms with Gasteiger partial charge in [-0.05, 0) is 72.4 Å². The highest BCUT2D eigenvalue weighted by molar-refractivity contribution is 5.89. The number of rotatable bonds is 2. The molecule has 5 rings (SSSR count). The Morgan fingerprint density at radius 1 is 1.30 bits per heavy atom.